The molecule has 3 heterocycles. The molecule has 1 aliphatic rings. The molecule has 1 fully saturated rings. The van der Waals surface area contributed by atoms with E-state index >= 15 is 0 Å². The number of primary amides is 1. The summed E-state index contributed by atoms with van der Waals surface area (Å²) in [4.78, 5) is 22.2. The number of amides is 1. The fraction of sp³-hybridized carbons (Fsp3) is 0.417. The van der Waals surface area contributed by atoms with Crippen molar-refractivity contribution in [2.24, 2.45) is 5.73 Å². The number of anilines is 1. The minimum atomic E-state index is -0.633. The number of carbonyl (C=O) groups excluding carboxylic acids is 1. The van der Waals surface area contributed by atoms with Crippen LogP contribution in [-0.2, 0) is 4.74 Å². The first-order chi connectivity index (χ1) is 9.72. The van der Waals surface area contributed by atoms with Gasteiger partial charge in [0.1, 0.15) is 16.0 Å². The van der Waals surface area contributed by atoms with Crippen LogP contribution >= 0.6 is 11.3 Å². The molecule has 1 aliphatic heterocycles. The zero-order valence-electron chi connectivity index (χ0n) is 10.9. The Morgan fingerprint density at radius 2 is 2.25 bits per heavy atom. The first-order valence-corrected chi connectivity index (χ1v) is 6.91. The number of hydrogen-bond acceptors (Lipinski definition) is 7. The first-order valence-electron chi connectivity index (χ1n) is 6.09. The average Bonchev–Trinajstić information content (AvgIpc) is 2.95. The van der Waals surface area contributed by atoms with Gasteiger partial charge in [0.05, 0.1) is 20.3 Å². The summed E-state index contributed by atoms with van der Waals surface area (Å²) in [5, 5.41) is 0. The molecule has 20 heavy (non-hydrogen) atoms. The van der Waals surface area contributed by atoms with Crippen molar-refractivity contribution in [2.75, 3.05) is 38.3 Å². The first kappa shape index (κ1) is 13.1. The molecule has 2 aromatic heterocycles. The van der Waals surface area contributed by atoms with E-state index in [-0.39, 0.29) is 5.69 Å². The molecule has 8 heteroatoms. The zero-order valence-corrected chi connectivity index (χ0v) is 11.7. The lowest BCUT2D eigenvalue weighted by Crippen LogP contribution is -2.37. The summed E-state index contributed by atoms with van der Waals surface area (Å²) in [6.45, 7) is 2.68. The number of nitrogens with zero attached hydrogens (tertiary/aromatic N) is 3. The van der Waals surface area contributed by atoms with Crippen LogP contribution in [0.25, 0.3) is 10.2 Å². The van der Waals surface area contributed by atoms with Crippen molar-refractivity contribution in [3.8, 4) is 5.75 Å². The summed E-state index contributed by atoms with van der Waals surface area (Å²) >= 11 is 1.34. The summed E-state index contributed by atoms with van der Waals surface area (Å²) in [5.74, 6) is 0.366. The van der Waals surface area contributed by atoms with E-state index in [1.54, 1.807) is 0 Å². The van der Waals surface area contributed by atoms with Gasteiger partial charge in [0.2, 0.25) is 0 Å². The maximum atomic E-state index is 11.6. The number of morpholine rings is 1. The molecular formula is C12H13N4O3S. The Hall–Kier alpha value is -1.93. The highest BCUT2D eigenvalue weighted by atomic mass is 32.1. The van der Waals surface area contributed by atoms with Gasteiger partial charge in [-0.2, -0.15) is 0 Å². The highest BCUT2D eigenvalue weighted by Crippen LogP contribution is 2.36. The van der Waals surface area contributed by atoms with E-state index in [0.717, 1.165) is 4.70 Å². The van der Waals surface area contributed by atoms with Crippen molar-refractivity contribution in [1.29, 1.82) is 0 Å². The lowest BCUT2D eigenvalue weighted by atomic mass is 10.2. The summed E-state index contributed by atoms with van der Waals surface area (Å²) in [6, 6.07) is 0. The van der Waals surface area contributed by atoms with E-state index in [4.69, 9.17) is 15.2 Å². The largest absolute Gasteiger partial charge is 0.492 e. The molecular weight excluding hydrogens is 280 g/mol. The maximum absolute atomic E-state index is 11.6. The van der Waals surface area contributed by atoms with Crippen LogP contribution in [0.5, 0.6) is 5.75 Å². The van der Waals surface area contributed by atoms with Crippen molar-refractivity contribution < 1.29 is 14.3 Å². The summed E-state index contributed by atoms with van der Waals surface area (Å²) < 4.78 is 11.4. The van der Waals surface area contributed by atoms with Crippen LogP contribution in [0.3, 0.4) is 0 Å². The highest BCUT2D eigenvalue weighted by molar-refractivity contribution is 7.17. The van der Waals surface area contributed by atoms with E-state index < -0.39 is 5.91 Å². The quantitative estimate of drug-likeness (QED) is 0.883. The van der Waals surface area contributed by atoms with E-state index in [2.05, 4.69) is 20.4 Å². The Morgan fingerprint density at radius 1 is 1.50 bits per heavy atom. The Morgan fingerprint density at radius 3 is 2.90 bits per heavy atom. The second-order valence-electron chi connectivity index (χ2n) is 4.26. The van der Waals surface area contributed by atoms with Crippen molar-refractivity contribution in [3.05, 3.63) is 11.2 Å². The fourth-order valence-electron chi connectivity index (χ4n) is 2.19. The van der Waals surface area contributed by atoms with Gasteiger partial charge in [-0.25, -0.2) is 9.97 Å². The predicted octanol–water partition coefficient (Wildman–Crippen LogP) is 0.436. The van der Waals surface area contributed by atoms with Crippen LogP contribution in [0.15, 0.2) is 0 Å². The molecule has 2 aromatic rings. The summed E-state index contributed by atoms with van der Waals surface area (Å²) in [7, 11) is 1.47. The SMILES string of the molecule is COc1c(C(N)=O)nc(N2CCOCC2)c2s[c]nc12. The van der Waals surface area contributed by atoms with Gasteiger partial charge in [-0.05, 0) is 0 Å². The van der Waals surface area contributed by atoms with Crippen LogP contribution in [0, 0.1) is 5.51 Å². The average molecular weight is 293 g/mol. The molecule has 2 N–H and O–H groups in total. The molecule has 0 saturated carbocycles. The Bertz CT molecular complexity index is 651. The molecule has 0 bridgehead atoms. The molecule has 1 saturated heterocycles. The van der Waals surface area contributed by atoms with Gasteiger partial charge in [-0.3, -0.25) is 4.79 Å². The number of ether oxygens (including phenoxy) is 2. The lowest BCUT2D eigenvalue weighted by Gasteiger charge is -2.28. The van der Waals surface area contributed by atoms with Crippen molar-refractivity contribution in [1.82, 2.24) is 9.97 Å². The molecule has 1 amide bonds. The smallest absolute Gasteiger partial charge is 0.271 e. The second-order valence-corrected chi connectivity index (χ2v) is 5.06. The molecule has 0 aromatic carbocycles. The van der Waals surface area contributed by atoms with Gasteiger partial charge in [0, 0.05) is 13.1 Å². The number of carbonyl (C=O) groups is 1. The Kier molecular flexibility index (Phi) is 3.41. The number of pyridine rings is 1. The lowest BCUT2D eigenvalue weighted by molar-refractivity contribution is 0.0992. The minimum Gasteiger partial charge on any atom is -0.492 e. The van der Waals surface area contributed by atoms with Crippen LogP contribution in [-0.4, -0.2) is 49.3 Å². The molecule has 0 atom stereocenters. The van der Waals surface area contributed by atoms with Gasteiger partial charge >= 0.3 is 0 Å². The summed E-state index contributed by atoms with van der Waals surface area (Å²) in [5.41, 5.74) is 8.88. The van der Waals surface area contributed by atoms with Gasteiger partial charge in [-0.1, -0.05) is 0 Å². The number of rotatable bonds is 3. The van der Waals surface area contributed by atoms with Gasteiger partial charge < -0.3 is 20.1 Å². The van der Waals surface area contributed by atoms with E-state index in [1.807, 2.05) is 0 Å². The van der Waals surface area contributed by atoms with Crippen LogP contribution in [0.2, 0.25) is 0 Å². The normalized spacial score (nSPS) is 15.6. The van der Waals surface area contributed by atoms with Gasteiger partial charge in [-0.15, -0.1) is 11.3 Å². The second kappa shape index (κ2) is 5.22. The van der Waals surface area contributed by atoms with Gasteiger partial charge in [0.15, 0.2) is 17.0 Å². The highest BCUT2D eigenvalue weighted by Gasteiger charge is 2.24. The molecule has 7 nitrogen and oxygen atoms in total. The van der Waals surface area contributed by atoms with E-state index in [0.29, 0.717) is 43.4 Å². The number of thiazole rings is 1. The fourth-order valence-corrected chi connectivity index (χ4v) is 2.92. The van der Waals surface area contributed by atoms with Crippen molar-refractivity contribution in [2.45, 2.75) is 0 Å². The van der Waals surface area contributed by atoms with Crippen LogP contribution < -0.4 is 15.4 Å². The van der Waals surface area contributed by atoms with Crippen molar-refractivity contribution in [3.63, 3.8) is 0 Å². The number of aromatic nitrogens is 2. The number of hydrogen-bond donors (Lipinski definition) is 1. The van der Waals surface area contributed by atoms with Crippen molar-refractivity contribution >= 4 is 33.3 Å². The number of methoxy groups -OCH3 is 1. The van der Waals surface area contributed by atoms with E-state index in [9.17, 15) is 4.79 Å². The molecule has 1 radical (unpaired) electrons. The Balaban J connectivity index is 2.20. The zero-order chi connectivity index (χ0) is 14.1. The standard InChI is InChI=1S/C12H13N4O3S/c1-18-9-7-10(20-6-14-7)12(15-8(9)11(13)17)16-2-4-19-5-3-16/h2-5H2,1H3,(H2,13,17). The molecule has 0 unspecified atom stereocenters. The van der Waals surface area contributed by atoms with Crippen LogP contribution in [0.1, 0.15) is 10.5 Å². The minimum absolute atomic E-state index is 0.0980. The monoisotopic (exact) mass is 293 g/mol. The van der Waals surface area contributed by atoms with E-state index in [1.165, 1.54) is 18.4 Å². The molecule has 3 rings (SSSR count). The number of fused-ring (bicyclic) bond motifs is 1. The molecule has 105 valence electrons. The Labute approximate surface area is 119 Å². The molecule has 0 spiro atoms. The predicted molar refractivity (Wildman–Crippen MR) is 74.4 cm³/mol. The third-order valence-electron chi connectivity index (χ3n) is 3.12. The molecule has 0 aliphatic carbocycles. The number of nitrogens with two attached hydrogens (primary N) is 1. The third kappa shape index (κ3) is 2.06. The van der Waals surface area contributed by atoms with Gasteiger partial charge in [0.25, 0.3) is 5.91 Å². The van der Waals surface area contributed by atoms with Crippen LogP contribution in [0.4, 0.5) is 5.82 Å². The topological polar surface area (TPSA) is 90.6 Å². The summed E-state index contributed by atoms with van der Waals surface area (Å²) in [6.07, 6.45) is 0. The third-order valence-corrected chi connectivity index (χ3v) is 3.88. The maximum Gasteiger partial charge on any atom is 0.271 e.